The lowest BCUT2D eigenvalue weighted by Crippen LogP contribution is -2.28. The first-order valence-corrected chi connectivity index (χ1v) is 9.95. The minimum atomic E-state index is -0.411. The fourth-order valence-corrected chi connectivity index (χ4v) is 3.35. The van der Waals surface area contributed by atoms with Crippen molar-refractivity contribution >= 4 is 51.6 Å². The number of hydrogen-bond donors (Lipinski definition) is 2. The summed E-state index contributed by atoms with van der Waals surface area (Å²) in [6, 6.07) is 4.71. The summed E-state index contributed by atoms with van der Waals surface area (Å²) in [4.78, 5) is 30.1. The average molecular weight is 455 g/mol. The number of urea groups is 1. The molecule has 9 nitrogen and oxygen atoms in total. The summed E-state index contributed by atoms with van der Waals surface area (Å²) < 4.78 is 4.55. The molecule has 0 fully saturated rings. The SMILES string of the molecule is Cc1nonc1C(=O)N(C)Cc1csc(NC(=O)NCc2ccc(Cl)c(Cl)c2)n1. The largest absolute Gasteiger partial charge is 0.334 e. The first kappa shape index (κ1) is 21.0. The summed E-state index contributed by atoms with van der Waals surface area (Å²) in [5.41, 5.74) is 2.01. The van der Waals surface area contributed by atoms with Gasteiger partial charge in [0, 0.05) is 19.0 Å². The zero-order valence-corrected chi connectivity index (χ0v) is 17.7. The van der Waals surface area contributed by atoms with Crippen molar-refractivity contribution in [2.24, 2.45) is 0 Å². The van der Waals surface area contributed by atoms with E-state index in [1.807, 2.05) is 0 Å². The van der Waals surface area contributed by atoms with Crippen LogP contribution in [0.2, 0.25) is 10.0 Å². The molecule has 0 radical (unpaired) electrons. The van der Waals surface area contributed by atoms with E-state index in [2.05, 4.69) is 30.6 Å². The Kier molecular flexibility index (Phi) is 6.68. The van der Waals surface area contributed by atoms with Crippen molar-refractivity contribution in [2.75, 3.05) is 12.4 Å². The average Bonchev–Trinajstić information content (AvgIpc) is 3.30. The van der Waals surface area contributed by atoms with Crippen LogP contribution in [0.5, 0.6) is 0 Å². The van der Waals surface area contributed by atoms with Crippen LogP contribution in [0.15, 0.2) is 28.2 Å². The molecule has 2 N–H and O–H groups in total. The van der Waals surface area contributed by atoms with Crippen molar-refractivity contribution in [2.45, 2.75) is 20.0 Å². The molecule has 0 aliphatic rings. The Hall–Kier alpha value is -2.69. The Bertz CT molecular complexity index is 1040. The quantitative estimate of drug-likeness (QED) is 0.586. The minimum absolute atomic E-state index is 0.155. The number of anilines is 1. The number of nitrogens with zero attached hydrogens (tertiary/aromatic N) is 4. The summed E-state index contributed by atoms with van der Waals surface area (Å²) in [6.07, 6.45) is 0. The number of nitrogens with one attached hydrogen (secondary N) is 2. The van der Waals surface area contributed by atoms with Crippen LogP contribution in [-0.4, -0.2) is 39.2 Å². The van der Waals surface area contributed by atoms with Crippen LogP contribution in [0, 0.1) is 6.92 Å². The highest BCUT2D eigenvalue weighted by atomic mass is 35.5. The molecule has 3 rings (SSSR count). The highest BCUT2D eigenvalue weighted by molar-refractivity contribution is 7.13. The van der Waals surface area contributed by atoms with Gasteiger partial charge in [-0.1, -0.05) is 34.4 Å². The molecule has 2 aromatic heterocycles. The number of hydrogen-bond acceptors (Lipinski definition) is 7. The second-order valence-corrected chi connectivity index (χ2v) is 7.73. The normalized spacial score (nSPS) is 10.6. The summed E-state index contributed by atoms with van der Waals surface area (Å²) in [5, 5.41) is 15.6. The van der Waals surface area contributed by atoms with E-state index in [4.69, 9.17) is 23.2 Å². The maximum absolute atomic E-state index is 12.3. The lowest BCUT2D eigenvalue weighted by molar-refractivity contribution is 0.0772. The van der Waals surface area contributed by atoms with E-state index in [0.717, 1.165) is 5.56 Å². The smallest absolute Gasteiger partial charge is 0.321 e. The van der Waals surface area contributed by atoms with Gasteiger partial charge in [0.1, 0.15) is 5.69 Å². The highest BCUT2D eigenvalue weighted by Crippen LogP contribution is 2.22. The lowest BCUT2D eigenvalue weighted by atomic mass is 10.2. The zero-order valence-electron chi connectivity index (χ0n) is 15.4. The minimum Gasteiger partial charge on any atom is -0.334 e. The molecule has 0 bridgehead atoms. The summed E-state index contributed by atoms with van der Waals surface area (Å²) in [6.45, 7) is 2.16. The summed E-state index contributed by atoms with van der Waals surface area (Å²) in [7, 11) is 1.62. The molecule has 3 amide bonds. The van der Waals surface area contributed by atoms with E-state index in [1.165, 1.54) is 16.2 Å². The molecule has 152 valence electrons. The maximum atomic E-state index is 12.3. The van der Waals surface area contributed by atoms with E-state index >= 15 is 0 Å². The second-order valence-electron chi connectivity index (χ2n) is 6.06. The van der Waals surface area contributed by atoms with Crippen molar-refractivity contribution in [1.82, 2.24) is 25.5 Å². The first-order chi connectivity index (χ1) is 13.8. The van der Waals surface area contributed by atoms with Gasteiger partial charge in [0.15, 0.2) is 10.8 Å². The van der Waals surface area contributed by atoms with Crippen LogP contribution >= 0.6 is 34.5 Å². The van der Waals surface area contributed by atoms with Gasteiger partial charge in [-0.15, -0.1) is 11.3 Å². The Morgan fingerprint density at radius 2 is 2.03 bits per heavy atom. The van der Waals surface area contributed by atoms with Crippen LogP contribution in [-0.2, 0) is 13.1 Å². The topological polar surface area (TPSA) is 113 Å². The molecule has 1 aromatic carbocycles. The van der Waals surface area contributed by atoms with E-state index < -0.39 is 6.03 Å². The van der Waals surface area contributed by atoms with Gasteiger partial charge in [0.05, 0.1) is 22.3 Å². The van der Waals surface area contributed by atoms with Crippen molar-refractivity contribution in [1.29, 1.82) is 0 Å². The second kappa shape index (κ2) is 9.21. The maximum Gasteiger partial charge on any atom is 0.321 e. The van der Waals surface area contributed by atoms with Crippen molar-refractivity contribution < 1.29 is 14.2 Å². The Labute approximate surface area is 180 Å². The van der Waals surface area contributed by atoms with Crippen LogP contribution in [0.1, 0.15) is 27.4 Å². The monoisotopic (exact) mass is 454 g/mol. The number of carbonyl (C=O) groups excluding carboxylic acids is 2. The standard InChI is InChI=1S/C17H16Cl2N6O3S/c1-9-14(24-28-23-9)15(26)25(2)7-11-8-29-17(21-11)22-16(27)20-6-10-3-4-12(18)13(19)5-10/h3-5,8H,6-7H2,1-2H3,(H2,20,21,22,27). The summed E-state index contributed by atoms with van der Waals surface area (Å²) >= 11 is 13.1. The van der Waals surface area contributed by atoms with Gasteiger partial charge >= 0.3 is 6.03 Å². The molecular formula is C17H16Cl2N6O3S. The molecule has 0 spiro atoms. The van der Waals surface area contributed by atoms with Crippen LogP contribution in [0.4, 0.5) is 9.93 Å². The lowest BCUT2D eigenvalue weighted by Gasteiger charge is -2.13. The fraction of sp³-hybridized carbons (Fsp3) is 0.235. The number of benzene rings is 1. The molecule has 0 saturated heterocycles. The molecule has 0 aliphatic heterocycles. The van der Waals surface area contributed by atoms with E-state index in [9.17, 15) is 9.59 Å². The molecule has 2 heterocycles. The van der Waals surface area contributed by atoms with E-state index in [0.29, 0.717) is 26.6 Å². The van der Waals surface area contributed by atoms with Gasteiger partial charge in [0.2, 0.25) is 0 Å². The molecule has 0 unspecified atom stereocenters. The molecule has 0 atom stereocenters. The number of aryl methyl sites for hydroxylation is 1. The fourth-order valence-electron chi connectivity index (χ4n) is 2.33. The number of amides is 3. The Morgan fingerprint density at radius 3 is 2.72 bits per heavy atom. The van der Waals surface area contributed by atoms with E-state index in [1.54, 1.807) is 37.6 Å². The van der Waals surface area contributed by atoms with Crippen molar-refractivity contribution in [3.05, 3.63) is 56.3 Å². The van der Waals surface area contributed by atoms with E-state index in [-0.39, 0.29) is 24.7 Å². The Balaban J connectivity index is 1.51. The summed E-state index contributed by atoms with van der Waals surface area (Å²) in [5.74, 6) is -0.328. The number of carbonyl (C=O) groups is 2. The van der Waals surface area contributed by atoms with Gasteiger partial charge in [-0.3, -0.25) is 10.1 Å². The predicted octanol–water partition coefficient (Wildman–Crippen LogP) is 3.74. The molecular weight excluding hydrogens is 439 g/mol. The van der Waals surface area contributed by atoms with Crippen molar-refractivity contribution in [3.63, 3.8) is 0 Å². The molecule has 0 aliphatic carbocycles. The predicted molar refractivity (Wildman–Crippen MR) is 109 cm³/mol. The third kappa shape index (κ3) is 5.43. The third-order valence-electron chi connectivity index (χ3n) is 3.81. The number of halogens is 2. The van der Waals surface area contributed by atoms with Crippen LogP contribution in [0.25, 0.3) is 0 Å². The van der Waals surface area contributed by atoms with Crippen LogP contribution in [0.3, 0.4) is 0 Å². The van der Waals surface area contributed by atoms with Gasteiger partial charge in [-0.05, 0) is 29.8 Å². The number of thiazole rings is 1. The molecule has 0 saturated carbocycles. The highest BCUT2D eigenvalue weighted by Gasteiger charge is 2.20. The molecule has 29 heavy (non-hydrogen) atoms. The van der Waals surface area contributed by atoms with Crippen molar-refractivity contribution in [3.8, 4) is 0 Å². The van der Waals surface area contributed by atoms with Crippen LogP contribution < -0.4 is 10.6 Å². The van der Waals surface area contributed by atoms with Gasteiger partial charge in [0.25, 0.3) is 5.91 Å². The van der Waals surface area contributed by atoms with Gasteiger partial charge in [-0.2, -0.15) is 0 Å². The number of rotatable bonds is 6. The first-order valence-electron chi connectivity index (χ1n) is 8.31. The zero-order chi connectivity index (χ0) is 21.0. The third-order valence-corrected chi connectivity index (χ3v) is 5.36. The molecule has 12 heteroatoms. The van der Waals surface area contributed by atoms with Gasteiger partial charge < -0.3 is 10.2 Å². The number of aromatic nitrogens is 3. The van der Waals surface area contributed by atoms with Gasteiger partial charge in [-0.25, -0.2) is 14.4 Å². The Morgan fingerprint density at radius 1 is 1.24 bits per heavy atom. The molecule has 3 aromatic rings.